The summed E-state index contributed by atoms with van der Waals surface area (Å²) in [6.07, 6.45) is 5.74. The van der Waals surface area contributed by atoms with Crippen LogP contribution in [0.4, 0.5) is 0 Å². The molecule has 0 radical (unpaired) electrons. The number of halogens is 1. The van der Waals surface area contributed by atoms with Crippen molar-refractivity contribution in [3.63, 3.8) is 0 Å². The minimum Gasteiger partial charge on any atom is -0.379 e. The number of benzene rings is 1. The first kappa shape index (κ1) is 19.4. The van der Waals surface area contributed by atoms with Crippen LogP contribution in [0, 0.1) is 5.92 Å². The first-order valence-corrected chi connectivity index (χ1v) is 11.9. The van der Waals surface area contributed by atoms with Crippen molar-refractivity contribution in [1.29, 1.82) is 0 Å². The van der Waals surface area contributed by atoms with Crippen molar-refractivity contribution in [3.05, 3.63) is 28.2 Å². The number of fused-ring (bicyclic) bond motifs is 1. The Balaban J connectivity index is 1.61. The Morgan fingerprint density at radius 2 is 1.81 bits per heavy atom. The largest absolute Gasteiger partial charge is 0.379 e. The van der Waals surface area contributed by atoms with Crippen LogP contribution in [0.15, 0.2) is 27.6 Å². The lowest BCUT2D eigenvalue weighted by molar-refractivity contribution is 0.0689. The van der Waals surface area contributed by atoms with Crippen LogP contribution in [0.2, 0.25) is 0 Å². The van der Waals surface area contributed by atoms with Gasteiger partial charge in [-0.3, -0.25) is 4.79 Å². The number of carbonyl (C=O) groups excluding carboxylic acids is 1. The van der Waals surface area contributed by atoms with Crippen molar-refractivity contribution in [3.8, 4) is 0 Å². The van der Waals surface area contributed by atoms with Gasteiger partial charge in [0, 0.05) is 35.7 Å². The van der Waals surface area contributed by atoms with E-state index in [-0.39, 0.29) is 10.8 Å². The lowest BCUT2D eigenvalue weighted by Crippen LogP contribution is -2.41. The molecule has 0 aromatic heterocycles. The van der Waals surface area contributed by atoms with Gasteiger partial charge < -0.3 is 9.64 Å². The molecule has 0 spiro atoms. The first-order chi connectivity index (χ1) is 13.0. The van der Waals surface area contributed by atoms with Gasteiger partial charge in [-0.2, -0.15) is 4.31 Å². The number of morpholine rings is 1. The summed E-state index contributed by atoms with van der Waals surface area (Å²) in [4.78, 5) is 15.3. The smallest absolute Gasteiger partial charge is 0.254 e. The van der Waals surface area contributed by atoms with E-state index < -0.39 is 10.0 Å². The van der Waals surface area contributed by atoms with Crippen LogP contribution in [0.3, 0.4) is 0 Å². The van der Waals surface area contributed by atoms with E-state index in [2.05, 4.69) is 15.9 Å². The second-order valence-corrected chi connectivity index (χ2v) is 10.3. The lowest BCUT2D eigenvalue weighted by atomic mass is 9.85. The normalized spacial score (nSPS) is 26.8. The van der Waals surface area contributed by atoms with Gasteiger partial charge in [-0.25, -0.2) is 8.42 Å². The highest BCUT2D eigenvalue weighted by Crippen LogP contribution is 2.37. The standard InChI is InChI=1S/C19H25BrN2O4S/c20-16-6-5-15(13-18(16)27(24,25)21-9-11-26-12-10-21)19(23)22-8-7-14-3-1-2-4-17(14)22/h5-6,13-14,17H,1-4,7-12H2. The van der Waals surface area contributed by atoms with Crippen LogP contribution in [0.5, 0.6) is 0 Å². The number of hydrogen-bond donors (Lipinski definition) is 0. The maximum atomic E-state index is 13.2. The summed E-state index contributed by atoms with van der Waals surface area (Å²) in [6.45, 7) is 2.24. The fourth-order valence-corrected chi connectivity index (χ4v) is 6.94. The molecule has 0 bridgehead atoms. The van der Waals surface area contributed by atoms with Gasteiger partial charge in [0.05, 0.1) is 18.1 Å². The third-order valence-electron chi connectivity index (χ3n) is 6.04. The summed E-state index contributed by atoms with van der Waals surface area (Å²) < 4.78 is 33.3. The number of carbonyl (C=O) groups is 1. The molecule has 0 N–H and O–H groups in total. The Labute approximate surface area is 169 Å². The van der Waals surface area contributed by atoms with Gasteiger partial charge in [0.2, 0.25) is 10.0 Å². The summed E-state index contributed by atoms with van der Waals surface area (Å²) in [7, 11) is -3.66. The molecular weight excluding hydrogens is 432 g/mol. The zero-order chi connectivity index (χ0) is 19.0. The molecular formula is C19H25BrN2O4S. The molecule has 3 aliphatic rings. The number of hydrogen-bond acceptors (Lipinski definition) is 4. The number of rotatable bonds is 3. The Morgan fingerprint density at radius 3 is 2.59 bits per heavy atom. The highest BCUT2D eigenvalue weighted by Gasteiger charge is 2.39. The van der Waals surface area contributed by atoms with Crippen molar-refractivity contribution in [2.24, 2.45) is 5.92 Å². The van der Waals surface area contributed by atoms with Gasteiger partial charge in [0.15, 0.2) is 0 Å². The quantitative estimate of drug-likeness (QED) is 0.700. The van der Waals surface area contributed by atoms with E-state index in [1.54, 1.807) is 12.1 Å². The molecule has 2 aliphatic heterocycles. The monoisotopic (exact) mass is 456 g/mol. The Bertz CT molecular complexity index is 823. The Morgan fingerprint density at radius 1 is 1.07 bits per heavy atom. The molecule has 2 heterocycles. The van der Waals surface area contributed by atoms with E-state index in [1.165, 1.54) is 29.6 Å². The molecule has 1 amide bonds. The number of likely N-dealkylation sites (tertiary alicyclic amines) is 1. The summed E-state index contributed by atoms with van der Waals surface area (Å²) in [6, 6.07) is 5.25. The molecule has 2 unspecified atom stereocenters. The molecule has 8 heteroatoms. The van der Waals surface area contributed by atoms with Crippen LogP contribution in [0.1, 0.15) is 42.5 Å². The number of sulfonamides is 1. The molecule has 1 saturated carbocycles. The van der Waals surface area contributed by atoms with Gasteiger partial charge in [0.25, 0.3) is 5.91 Å². The van der Waals surface area contributed by atoms with Gasteiger partial charge in [-0.1, -0.05) is 12.8 Å². The lowest BCUT2D eigenvalue weighted by Gasteiger charge is -2.32. The first-order valence-electron chi connectivity index (χ1n) is 9.67. The predicted molar refractivity (Wildman–Crippen MR) is 105 cm³/mol. The highest BCUT2D eigenvalue weighted by atomic mass is 79.9. The molecule has 4 rings (SSSR count). The molecule has 3 fully saturated rings. The maximum Gasteiger partial charge on any atom is 0.254 e. The van der Waals surface area contributed by atoms with Gasteiger partial charge >= 0.3 is 0 Å². The minimum atomic E-state index is -3.66. The van der Waals surface area contributed by atoms with Gasteiger partial charge in [-0.15, -0.1) is 0 Å². The number of amides is 1. The maximum absolute atomic E-state index is 13.2. The van der Waals surface area contributed by atoms with Gasteiger partial charge in [0.1, 0.15) is 0 Å². The third-order valence-corrected chi connectivity index (χ3v) is 8.93. The van der Waals surface area contributed by atoms with Crippen molar-refractivity contribution in [1.82, 2.24) is 9.21 Å². The second-order valence-electron chi connectivity index (χ2n) is 7.56. The summed E-state index contributed by atoms with van der Waals surface area (Å²) in [5.74, 6) is 0.560. The summed E-state index contributed by atoms with van der Waals surface area (Å²) in [5.41, 5.74) is 0.455. The van der Waals surface area contributed by atoms with E-state index in [0.29, 0.717) is 48.3 Å². The zero-order valence-corrected chi connectivity index (χ0v) is 17.7. The average molecular weight is 457 g/mol. The SMILES string of the molecule is O=C(c1ccc(Br)c(S(=O)(=O)N2CCOCC2)c1)N1CCC2CCCCC21. The fourth-order valence-electron chi connectivity index (χ4n) is 4.58. The van der Waals surface area contributed by atoms with Crippen LogP contribution in [0.25, 0.3) is 0 Å². The molecule has 6 nitrogen and oxygen atoms in total. The zero-order valence-electron chi connectivity index (χ0n) is 15.3. The average Bonchev–Trinajstić information content (AvgIpc) is 3.12. The van der Waals surface area contributed by atoms with Crippen molar-refractivity contribution in [2.75, 3.05) is 32.8 Å². The van der Waals surface area contributed by atoms with E-state index in [0.717, 1.165) is 19.4 Å². The van der Waals surface area contributed by atoms with Crippen LogP contribution < -0.4 is 0 Å². The van der Waals surface area contributed by atoms with Crippen molar-refractivity contribution >= 4 is 31.9 Å². The van der Waals surface area contributed by atoms with E-state index in [4.69, 9.17) is 4.74 Å². The van der Waals surface area contributed by atoms with E-state index in [9.17, 15) is 13.2 Å². The Kier molecular flexibility index (Phi) is 5.60. The topological polar surface area (TPSA) is 66.9 Å². The van der Waals surface area contributed by atoms with Crippen molar-refractivity contribution in [2.45, 2.75) is 43.0 Å². The molecule has 1 aromatic rings. The van der Waals surface area contributed by atoms with Crippen LogP contribution in [-0.2, 0) is 14.8 Å². The summed E-state index contributed by atoms with van der Waals surface area (Å²) in [5, 5.41) is 0. The molecule has 2 atom stereocenters. The van der Waals surface area contributed by atoms with E-state index >= 15 is 0 Å². The molecule has 148 valence electrons. The molecule has 1 aromatic carbocycles. The fraction of sp³-hybridized carbons (Fsp3) is 0.632. The number of ether oxygens (including phenoxy) is 1. The minimum absolute atomic E-state index is 0.0460. The second kappa shape index (κ2) is 7.81. The Hall–Kier alpha value is -0.960. The van der Waals surface area contributed by atoms with Crippen LogP contribution >= 0.6 is 15.9 Å². The number of nitrogens with zero attached hydrogens (tertiary/aromatic N) is 2. The van der Waals surface area contributed by atoms with Crippen LogP contribution in [-0.4, -0.2) is 62.4 Å². The predicted octanol–water partition coefficient (Wildman–Crippen LogP) is 2.87. The summed E-state index contributed by atoms with van der Waals surface area (Å²) >= 11 is 3.36. The third kappa shape index (κ3) is 3.69. The van der Waals surface area contributed by atoms with Gasteiger partial charge in [-0.05, 0) is 59.3 Å². The molecule has 27 heavy (non-hydrogen) atoms. The van der Waals surface area contributed by atoms with Crippen molar-refractivity contribution < 1.29 is 17.9 Å². The molecule has 1 aliphatic carbocycles. The highest BCUT2D eigenvalue weighted by molar-refractivity contribution is 9.10. The molecule has 2 saturated heterocycles. The van der Waals surface area contributed by atoms with E-state index in [1.807, 2.05) is 4.90 Å².